The Balaban J connectivity index is 1.96. The van der Waals surface area contributed by atoms with Gasteiger partial charge in [-0.25, -0.2) is 0 Å². The molecule has 1 amide bonds. The predicted octanol–water partition coefficient (Wildman–Crippen LogP) is 3.51. The van der Waals surface area contributed by atoms with Crippen molar-refractivity contribution in [2.75, 3.05) is 5.32 Å². The molecule has 0 radical (unpaired) electrons. The van der Waals surface area contributed by atoms with Crippen molar-refractivity contribution in [2.24, 2.45) is 0 Å². The van der Waals surface area contributed by atoms with E-state index >= 15 is 0 Å². The molecular formula is C20H25N5O2. The van der Waals surface area contributed by atoms with Gasteiger partial charge in [0.05, 0.1) is 0 Å². The number of nitrogens with one attached hydrogen (secondary N) is 2. The number of rotatable bonds is 5. The van der Waals surface area contributed by atoms with Crippen molar-refractivity contribution in [3.05, 3.63) is 46.2 Å². The molecule has 0 spiro atoms. The quantitative estimate of drug-likeness (QED) is 0.722. The molecule has 0 aliphatic rings. The molecule has 0 aliphatic carbocycles. The third-order valence-corrected chi connectivity index (χ3v) is 4.37. The number of carbonyl (C=O) groups is 1. The predicted molar refractivity (Wildman–Crippen MR) is 106 cm³/mol. The van der Waals surface area contributed by atoms with Gasteiger partial charge in [0, 0.05) is 18.1 Å². The molecule has 0 aliphatic heterocycles. The van der Waals surface area contributed by atoms with Crippen LogP contribution in [-0.2, 0) is 10.2 Å². The van der Waals surface area contributed by atoms with Crippen molar-refractivity contribution in [2.45, 2.75) is 52.4 Å². The number of aromatic amines is 1. The van der Waals surface area contributed by atoms with Crippen molar-refractivity contribution in [3.8, 4) is 11.4 Å². The van der Waals surface area contributed by atoms with Crippen LogP contribution in [0.15, 0.2) is 35.1 Å². The minimum absolute atomic E-state index is 0.0616. The zero-order valence-electron chi connectivity index (χ0n) is 16.2. The Morgan fingerprint density at radius 2 is 1.93 bits per heavy atom. The van der Waals surface area contributed by atoms with Gasteiger partial charge in [-0.1, -0.05) is 58.4 Å². The lowest BCUT2D eigenvalue weighted by atomic mass is 9.87. The normalized spacial score (nSPS) is 11.7. The third kappa shape index (κ3) is 4.24. The number of aromatic nitrogens is 4. The van der Waals surface area contributed by atoms with Gasteiger partial charge in [-0.15, -0.1) is 5.10 Å². The molecule has 2 heterocycles. The number of benzene rings is 1. The number of carbonyl (C=O) groups excluding carboxylic acids is 1. The Labute approximate surface area is 157 Å². The fraction of sp³-hybridized carbons (Fsp3) is 0.400. The first-order valence-electron chi connectivity index (χ1n) is 9.19. The van der Waals surface area contributed by atoms with Gasteiger partial charge >= 0.3 is 0 Å². The van der Waals surface area contributed by atoms with Crippen LogP contribution < -0.4 is 10.9 Å². The van der Waals surface area contributed by atoms with E-state index in [2.05, 4.69) is 53.3 Å². The largest absolute Gasteiger partial charge is 0.310 e. The second-order valence-corrected chi connectivity index (χ2v) is 7.67. The van der Waals surface area contributed by atoms with E-state index in [0.717, 1.165) is 18.4 Å². The summed E-state index contributed by atoms with van der Waals surface area (Å²) >= 11 is 0. The van der Waals surface area contributed by atoms with E-state index in [0.29, 0.717) is 23.8 Å². The molecule has 7 nitrogen and oxygen atoms in total. The molecule has 0 saturated carbocycles. The smallest absolute Gasteiger partial charge is 0.254 e. The topological polar surface area (TPSA) is 92.1 Å². The van der Waals surface area contributed by atoms with Crippen LogP contribution in [-0.4, -0.2) is 25.5 Å². The van der Waals surface area contributed by atoms with E-state index in [4.69, 9.17) is 0 Å². The van der Waals surface area contributed by atoms with Gasteiger partial charge in [-0.3, -0.25) is 14.6 Å². The molecule has 27 heavy (non-hydrogen) atoms. The average Bonchev–Trinajstić information content (AvgIpc) is 3.03. The monoisotopic (exact) mass is 367 g/mol. The second-order valence-electron chi connectivity index (χ2n) is 7.67. The number of hydrogen-bond acceptors (Lipinski definition) is 4. The van der Waals surface area contributed by atoms with Crippen LogP contribution in [0, 0.1) is 0 Å². The molecule has 3 rings (SSSR count). The molecule has 1 aromatic carbocycles. The molecule has 3 aromatic rings. The average molecular weight is 367 g/mol. The summed E-state index contributed by atoms with van der Waals surface area (Å²) in [6.45, 7) is 8.49. The van der Waals surface area contributed by atoms with Crippen LogP contribution in [0.25, 0.3) is 17.2 Å². The van der Waals surface area contributed by atoms with Gasteiger partial charge in [0.25, 0.3) is 5.56 Å². The fourth-order valence-electron chi connectivity index (χ4n) is 2.77. The summed E-state index contributed by atoms with van der Waals surface area (Å²) in [6.07, 6.45) is 2.12. The summed E-state index contributed by atoms with van der Waals surface area (Å²) in [4.78, 5) is 31.0. The van der Waals surface area contributed by atoms with E-state index in [1.807, 2.05) is 19.1 Å². The molecule has 0 saturated heterocycles. The zero-order valence-corrected chi connectivity index (χ0v) is 16.2. The fourth-order valence-corrected chi connectivity index (χ4v) is 2.77. The Morgan fingerprint density at radius 3 is 2.56 bits per heavy atom. The molecule has 0 unspecified atom stereocenters. The molecular weight excluding hydrogens is 342 g/mol. The van der Waals surface area contributed by atoms with Crippen molar-refractivity contribution >= 4 is 17.5 Å². The molecule has 2 N–H and O–H groups in total. The van der Waals surface area contributed by atoms with Gasteiger partial charge in [0.15, 0.2) is 5.82 Å². The maximum Gasteiger partial charge on any atom is 0.254 e. The second kappa shape index (κ2) is 7.34. The lowest BCUT2D eigenvalue weighted by Crippen LogP contribution is -2.18. The van der Waals surface area contributed by atoms with Crippen molar-refractivity contribution in [1.29, 1.82) is 0 Å². The first-order valence-corrected chi connectivity index (χ1v) is 9.19. The summed E-state index contributed by atoms with van der Waals surface area (Å²) in [5.74, 6) is 0.958. The highest BCUT2D eigenvalue weighted by Gasteiger charge is 2.16. The summed E-state index contributed by atoms with van der Waals surface area (Å²) in [7, 11) is 0. The highest BCUT2D eigenvalue weighted by atomic mass is 16.2. The van der Waals surface area contributed by atoms with E-state index in [1.54, 1.807) is 0 Å². The van der Waals surface area contributed by atoms with Gasteiger partial charge in [-0.2, -0.15) is 9.50 Å². The van der Waals surface area contributed by atoms with Crippen molar-refractivity contribution in [1.82, 2.24) is 19.6 Å². The minimum atomic E-state index is -0.338. The van der Waals surface area contributed by atoms with E-state index in [-0.39, 0.29) is 16.9 Å². The van der Waals surface area contributed by atoms with Crippen LogP contribution in [0.4, 0.5) is 5.82 Å². The molecule has 142 valence electrons. The van der Waals surface area contributed by atoms with Gasteiger partial charge < -0.3 is 5.32 Å². The SMILES string of the molecule is CCCCC(=O)Nc1cc(=O)[nH]c2nc(-c3ccc(C(C)(C)C)cc3)nn12. The van der Waals surface area contributed by atoms with Gasteiger partial charge in [0.2, 0.25) is 11.7 Å². The molecule has 0 fully saturated rings. The molecule has 7 heteroatoms. The number of H-pyrrole nitrogens is 1. The van der Waals surface area contributed by atoms with Crippen molar-refractivity contribution in [3.63, 3.8) is 0 Å². The van der Waals surface area contributed by atoms with Gasteiger partial charge in [-0.05, 0) is 17.4 Å². The van der Waals surface area contributed by atoms with Crippen LogP contribution >= 0.6 is 0 Å². The van der Waals surface area contributed by atoms with Gasteiger partial charge in [0.1, 0.15) is 5.82 Å². The summed E-state index contributed by atoms with van der Waals surface area (Å²) in [5.41, 5.74) is 1.78. The van der Waals surface area contributed by atoms with E-state index in [9.17, 15) is 9.59 Å². The Kier molecular flexibility index (Phi) is 5.12. The van der Waals surface area contributed by atoms with Crippen molar-refractivity contribution < 1.29 is 4.79 Å². The maximum atomic E-state index is 12.0. The first-order chi connectivity index (χ1) is 12.8. The number of amides is 1. The first kappa shape index (κ1) is 18.8. The van der Waals surface area contributed by atoms with Crippen LogP contribution in [0.3, 0.4) is 0 Å². The Hall–Kier alpha value is -2.96. The number of hydrogen-bond donors (Lipinski definition) is 2. The van der Waals surface area contributed by atoms with Crippen LogP contribution in [0.2, 0.25) is 0 Å². The zero-order chi connectivity index (χ0) is 19.6. The van der Waals surface area contributed by atoms with E-state index in [1.165, 1.54) is 16.1 Å². The summed E-state index contributed by atoms with van der Waals surface area (Å²) in [5, 5.41) is 7.23. The Morgan fingerprint density at radius 1 is 1.22 bits per heavy atom. The van der Waals surface area contributed by atoms with E-state index < -0.39 is 0 Å². The highest BCUT2D eigenvalue weighted by molar-refractivity contribution is 5.90. The highest BCUT2D eigenvalue weighted by Crippen LogP contribution is 2.25. The molecule has 0 atom stereocenters. The lowest BCUT2D eigenvalue weighted by Gasteiger charge is -2.18. The number of anilines is 1. The van der Waals surface area contributed by atoms with Crippen LogP contribution in [0.1, 0.15) is 52.5 Å². The summed E-state index contributed by atoms with van der Waals surface area (Å²) in [6, 6.07) is 9.35. The maximum absolute atomic E-state index is 12.0. The van der Waals surface area contributed by atoms with Crippen LogP contribution in [0.5, 0.6) is 0 Å². The Bertz CT molecular complexity index is 1010. The standard InChI is InChI=1S/C20H25N5O2/c1-5-6-7-16(26)21-15-12-17(27)22-19-23-18(24-25(15)19)13-8-10-14(11-9-13)20(2,3)4/h8-12H,5-7H2,1-4H3,(H,21,26)(H,22,23,24,27). The number of unbranched alkanes of at least 4 members (excludes halogenated alkanes) is 1. The molecule has 0 bridgehead atoms. The number of nitrogens with zero attached hydrogens (tertiary/aromatic N) is 3. The third-order valence-electron chi connectivity index (χ3n) is 4.37. The summed E-state index contributed by atoms with van der Waals surface area (Å²) < 4.78 is 1.46. The molecule has 2 aromatic heterocycles. The lowest BCUT2D eigenvalue weighted by molar-refractivity contribution is -0.116. The number of fused-ring (bicyclic) bond motifs is 1. The minimum Gasteiger partial charge on any atom is -0.310 e.